The Hall–Kier alpha value is -1.90. The first kappa shape index (κ1) is 25.7. The molecule has 1 fully saturated rings. The summed E-state index contributed by atoms with van der Waals surface area (Å²) < 4.78 is 28.8. The van der Waals surface area contributed by atoms with E-state index in [1.54, 1.807) is 48.5 Å². The minimum absolute atomic E-state index is 0.166. The van der Waals surface area contributed by atoms with E-state index in [9.17, 15) is 13.2 Å². The Kier molecular flexibility index (Phi) is 9.35. The zero-order chi connectivity index (χ0) is 23.8. The molecule has 0 aliphatic carbocycles. The minimum atomic E-state index is -3.89. The quantitative estimate of drug-likeness (QED) is 0.446. The van der Waals surface area contributed by atoms with E-state index < -0.39 is 10.0 Å². The number of hydrogen-bond acceptors (Lipinski definition) is 4. The zero-order valence-corrected chi connectivity index (χ0v) is 21.9. The number of halogens is 1. The Labute approximate surface area is 206 Å². The molecule has 1 saturated heterocycles. The van der Waals surface area contributed by atoms with Crippen LogP contribution in [0.1, 0.15) is 44.6 Å². The predicted octanol–water partition coefficient (Wildman–Crippen LogP) is 4.72. The number of carbonyl (C=O) groups is 1. The molecule has 180 valence electrons. The van der Waals surface area contributed by atoms with Gasteiger partial charge in [-0.1, -0.05) is 47.0 Å². The number of benzene rings is 2. The Balaban J connectivity index is 1.65. The monoisotopic (exact) mass is 535 g/mol. The molecule has 0 radical (unpaired) electrons. The molecule has 0 saturated carbocycles. The fourth-order valence-electron chi connectivity index (χ4n) is 4.27. The van der Waals surface area contributed by atoms with Gasteiger partial charge in [0.15, 0.2) is 0 Å². The van der Waals surface area contributed by atoms with Gasteiger partial charge in [0.2, 0.25) is 5.91 Å². The smallest absolute Gasteiger partial charge is 0.264 e. The number of piperidine rings is 1. The largest absolute Gasteiger partial charge is 0.354 e. The minimum Gasteiger partial charge on any atom is -0.354 e. The molecule has 8 heteroatoms. The van der Waals surface area contributed by atoms with Gasteiger partial charge in [0, 0.05) is 23.6 Å². The first-order valence-corrected chi connectivity index (χ1v) is 13.9. The van der Waals surface area contributed by atoms with Crippen LogP contribution < -0.4 is 9.62 Å². The summed E-state index contributed by atoms with van der Waals surface area (Å²) in [5, 5.41) is 2.92. The van der Waals surface area contributed by atoms with Crippen LogP contribution in [0.4, 0.5) is 5.69 Å². The van der Waals surface area contributed by atoms with Crippen molar-refractivity contribution in [2.45, 2.75) is 56.9 Å². The average Bonchev–Trinajstić information content (AvgIpc) is 2.81. The van der Waals surface area contributed by atoms with Crippen LogP contribution in [-0.4, -0.2) is 51.4 Å². The molecular formula is C25H34BrN3O3S. The summed E-state index contributed by atoms with van der Waals surface area (Å²) in [6.45, 7) is 6.48. The number of aryl methyl sites for hydroxylation is 1. The fourth-order valence-corrected chi connectivity index (χ4v) is 5.96. The van der Waals surface area contributed by atoms with Crippen molar-refractivity contribution in [3.05, 3.63) is 58.6 Å². The first-order chi connectivity index (χ1) is 15.8. The molecule has 1 amide bonds. The Morgan fingerprint density at radius 3 is 2.48 bits per heavy atom. The van der Waals surface area contributed by atoms with Gasteiger partial charge in [-0.2, -0.15) is 0 Å². The Morgan fingerprint density at radius 2 is 1.82 bits per heavy atom. The predicted molar refractivity (Wildman–Crippen MR) is 137 cm³/mol. The molecule has 2 aromatic rings. The summed E-state index contributed by atoms with van der Waals surface area (Å²) >= 11 is 3.38. The summed E-state index contributed by atoms with van der Waals surface area (Å²) in [5.74, 6) is -0.306. The molecule has 1 unspecified atom stereocenters. The van der Waals surface area contributed by atoms with Gasteiger partial charge in [-0.3, -0.25) is 9.10 Å². The van der Waals surface area contributed by atoms with Crippen LogP contribution >= 0.6 is 15.9 Å². The maximum absolute atomic E-state index is 13.4. The van der Waals surface area contributed by atoms with Crippen molar-refractivity contribution >= 4 is 37.5 Å². The second-order valence-corrected chi connectivity index (χ2v) is 11.4. The molecule has 6 nitrogen and oxygen atoms in total. The number of amides is 1. The van der Waals surface area contributed by atoms with E-state index in [1.165, 1.54) is 23.6 Å². The molecular weight excluding hydrogens is 502 g/mol. The maximum atomic E-state index is 13.4. The van der Waals surface area contributed by atoms with Gasteiger partial charge in [0.25, 0.3) is 10.0 Å². The second-order valence-electron chi connectivity index (χ2n) is 8.60. The summed E-state index contributed by atoms with van der Waals surface area (Å²) in [4.78, 5) is 15.4. The highest BCUT2D eigenvalue weighted by Gasteiger charge is 2.27. The van der Waals surface area contributed by atoms with Crippen LogP contribution in [0.25, 0.3) is 0 Å². The molecule has 1 atom stereocenters. The van der Waals surface area contributed by atoms with E-state index in [0.29, 0.717) is 18.3 Å². The lowest BCUT2D eigenvalue weighted by Crippen LogP contribution is -2.43. The molecule has 1 heterocycles. The normalized spacial score (nSPS) is 17.0. The number of hydrogen-bond donors (Lipinski definition) is 1. The first-order valence-electron chi connectivity index (χ1n) is 11.7. The highest BCUT2D eigenvalue weighted by molar-refractivity contribution is 9.10. The third kappa shape index (κ3) is 7.04. The molecule has 0 bridgehead atoms. The van der Waals surface area contributed by atoms with Gasteiger partial charge < -0.3 is 10.2 Å². The van der Waals surface area contributed by atoms with Gasteiger partial charge in [-0.05, 0) is 75.5 Å². The molecule has 1 N–H and O–H groups in total. The van der Waals surface area contributed by atoms with E-state index in [2.05, 4.69) is 33.1 Å². The van der Waals surface area contributed by atoms with E-state index in [0.717, 1.165) is 36.0 Å². The lowest BCUT2D eigenvalue weighted by molar-refractivity contribution is -0.119. The molecule has 33 heavy (non-hydrogen) atoms. The van der Waals surface area contributed by atoms with Gasteiger partial charge in [0.1, 0.15) is 6.54 Å². The molecule has 3 rings (SSSR count). The third-order valence-electron chi connectivity index (χ3n) is 6.18. The SMILES string of the molecule is CCC1CCCCN1CCCNC(=O)CN(c1ccc(Br)cc1)S(=O)(=O)c1ccc(C)cc1. The van der Waals surface area contributed by atoms with E-state index in [-0.39, 0.29) is 17.3 Å². The van der Waals surface area contributed by atoms with Crippen molar-refractivity contribution in [2.75, 3.05) is 30.5 Å². The number of nitrogens with one attached hydrogen (secondary N) is 1. The van der Waals surface area contributed by atoms with E-state index >= 15 is 0 Å². The van der Waals surface area contributed by atoms with Gasteiger partial charge in [0.05, 0.1) is 10.6 Å². The highest BCUT2D eigenvalue weighted by atomic mass is 79.9. The number of sulfonamides is 1. The maximum Gasteiger partial charge on any atom is 0.264 e. The zero-order valence-electron chi connectivity index (χ0n) is 19.5. The van der Waals surface area contributed by atoms with Crippen molar-refractivity contribution in [1.82, 2.24) is 10.2 Å². The third-order valence-corrected chi connectivity index (χ3v) is 8.49. The molecule has 0 spiro atoms. The van der Waals surface area contributed by atoms with Gasteiger partial charge in [-0.15, -0.1) is 0 Å². The standard InChI is InChI=1S/C25H34BrN3O3S/c1-3-22-7-4-5-17-28(22)18-6-16-27-25(30)19-29(23-12-10-21(26)11-13-23)33(31,32)24-14-8-20(2)9-15-24/h8-15,22H,3-7,16-19H2,1-2H3,(H,27,30). The van der Waals surface area contributed by atoms with Crippen molar-refractivity contribution in [3.8, 4) is 0 Å². The summed E-state index contributed by atoms with van der Waals surface area (Å²) in [6.07, 6.45) is 5.80. The topological polar surface area (TPSA) is 69.7 Å². The summed E-state index contributed by atoms with van der Waals surface area (Å²) in [6, 6.07) is 14.3. The van der Waals surface area contributed by atoms with Crippen LogP contribution in [0.15, 0.2) is 57.9 Å². The molecule has 1 aliphatic heterocycles. The summed E-state index contributed by atoms with van der Waals surface area (Å²) in [7, 11) is -3.89. The lowest BCUT2D eigenvalue weighted by atomic mass is 10.00. The van der Waals surface area contributed by atoms with Gasteiger partial charge in [-0.25, -0.2) is 8.42 Å². The van der Waals surface area contributed by atoms with Crippen LogP contribution in [0.5, 0.6) is 0 Å². The lowest BCUT2D eigenvalue weighted by Gasteiger charge is -2.35. The van der Waals surface area contributed by atoms with Crippen molar-refractivity contribution in [3.63, 3.8) is 0 Å². The Bertz CT molecular complexity index is 1010. The molecule has 0 aromatic heterocycles. The van der Waals surface area contributed by atoms with Crippen LogP contribution in [-0.2, 0) is 14.8 Å². The number of likely N-dealkylation sites (tertiary alicyclic amines) is 1. The molecule has 1 aliphatic rings. The molecule has 2 aromatic carbocycles. The second kappa shape index (κ2) is 12.0. The number of rotatable bonds is 10. The number of carbonyl (C=O) groups excluding carboxylic acids is 1. The number of anilines is 1. The van der Waals surface area contributed by atoms with Crippen molar-refractivity contribution in [2.24, 2.45) is 0 Å². The van der Waals surface area contributed by atoms with Crippen molar-refractivity contribution in [1.29, 1.82) is 0 Å². The highest BCUT2D eigenvalue weighted by Crippen LogP contribution is 2.25. The van der Waals surface area contributed by atoms with Crippen LogP contribution in [0, 0.1) is 6.92 Å². The van der Waals surface area contributed by atoms with Crippen molar-refractivity contribution < 1.29 is 13.2 Å². The number of nitrogens with zero attached hydrogens (tertiary/aromatic N) is 2. The Morgan fingerprint density at radius 1 is 1.12 bits per heavy atom. The van der Waals surface area contributed by atoms with E-state index in [1.807, 2.05) is 6.92 Å². The van der Waals surface area contributed by atoms with Gasteiger partial charge >= 0.3 is 0 Å². The van der Waals surface area contributed by atoms with Crippen LogP contribution in [0.2, 0.25) is 0 Å². The van der Waals surface area contributed by atoms with Crippen LogP contribution in [0.3, 0.4) is 0 Å². The summed E-state index contributed by atoms with van der Waals surface area (Å²) in [5.41, 5.74) is 1.42. The van der Waals surface area contributed by atoms with E-state index in [4.69, 9.17) is 0 Å². The average molecular weight is 537 g/mol. The fraction of sp³-hybridized carbons (Fsp3) is 0.480.